The summed E-state index contributed by atoms with van der Waals surface area (Å²) < 4.78 is 43.1. The second-order valence-electron chi connectivity index (χ2n) is 2.88. The number of halogens is 3. The summed E-state index contributed by atoms with van der Waals surface area (Å²) in [6.07, 6.45) is -2.52. The number of rotatable bonds is 3. The fourth-order valence-electron chi connectivity index (χ4n) is 1.16. The van der Waals surface area contributed by atoms with E-state index in [0.717, 1.165) is 0 Å². The second kappa shape index (κ2) is 5.30. The van der Waals surface area contributed by atoms with Gasteiger partial charge in [-0.25, -0.2) is 22.9 Å². The van der Waals surface area contributed by atoms with Crippen molar-refractivity contribution in [3.63, 3.8) is 0 Å². The minimum absolute atomic E-state index is 0.0386. The average molecular weight is 244 g/mol. The highest BCUT2D eigenvalue weighted by molar-refractivity contribution is 5.91. The third kappa shape index (κ3) is 2.53. The highest BCUT2D eigenvalue weighted by atomic mass is 19.3. The van der Waals surface area contributed by atoms with Crippen LogP contribution in [-0.2, 0) is 4.74 Å². The molecule has 0 N–H and O–H groups in total. The third-order valence-electron chi connectivity index (χ3n) is 1.88. The number of carbonyl (C=O) groups is 1. The molecule has 0 saturated heterocycles. The smallest absolute Gasteiger partial charge is 0.340 e. The van der Waals surface area contributed by atoms with Crippen LogP contribution < -0.4 is 0 Å². The average Bonchev–Trinajstić information content (AvgIpc) is 2.28. The first kappa shape index (κ1) is 13.0. The number of hydrogen-bond donors (Lipinski definition) is 0. The molecule has 1 aromatic heterocycles. The van der Waals surface area contributed by atoms with E-state index in [9.17, 15) is 18.0 Å². The number of hydrogen-bond acceptors (Lipinski definition) is 4. The number of aromatic nitrogens is 1. The van der Waals surface area contributed by atoms with Crippen molar-refractivity contribution in [3.8, 4) is 6.07 Å². The minimum atomic E-state index is -3.23. The Morgan fingerprint density at radius 3 is 2.76 bits per heavy atom. The lowest BCUT2D eigenvalue weighted by Crippen LogP contribution is -2.12. The number of nitriles is 1. The fraction of sp³-hybridized carbons (Fsp3) is 0.300. The molecule has 0 unspecified atom stereocenters. The van der Waals surface area contributed by atoms with Crippen LogP contribution in [0.5, 0.6) is 0 Å². The Balaban J connectivity index is 3.37. The number of carbonyl (C=O) groups excluding carboxylic acids is 1. The minimum Gasteiger partial charge on any atom is -0.462 e. The van der Waals surface area contributed by atoms with E-state index in [0.29, 0.717) is 6.20 Å². The first-order valence-electron chi connectivity index (χ1n) is 4.56. The van der Waals surface area contributed by atoms with E-state index >= 15 is 0 Å². The summed E-state index contributed by atoms with van der Waals surface area (Å²) in [5.74, 6) is -2.59. The lowest BCUT2D eigenvalue weighted by Gasteiger charge is -2.09. The zero-order valence-corrected chi connectivity index (χ0v) is 8.71. The van der Waals surface area contributed by atoms with Gasteiger partial charge in [-0.15, -0.1) is 0 Å². The molecule has 0 atom stereocenters. The summed E-state index contributed by atoms with van der Waals surface area (Å²) >= 11 is 0. The molecule has 0 aromatic carbocycles. The highest BCUT2D eigenvalue weighted by Gasteiger charge is 2.26. The number of alkyl halides is 2. The van der Waals surface area contributed by atoms with Crippen molar-refractivity contribution in [2.24, 2.45) is 0 Å². The standard InChI is InChI=1S/C10H7F3N2O2/c1-2-17-10(16)5-4-15-6(3-14)8(11)7(5)9(12)13/h4,9H,2H2,1H3. The van der Waals surface area contributed by atoms with Gasteiger partial charge in [0.05, 0.1) is 17.7 Å². The van der Waals surface area contributed by atoms with Crippen LogP contribution in [0.1, 0.15) is 35.0 Å². The van der Waals surface area contributed by atoms with Crippen LogP contribution in [0.25, 0.3) is 0 Å². The summed E-state index contributed by atoms with van der Waals surface area (Å²) in [6, 6.07) is 1.32. The first-order valence-corrected chi connectivity index (χ1v) is 4.56. The monoisotopic (exact) mass is 244 g/mol. The van der Waals surface area contributed by atoms with Crippen molar-refractivity contribution >= 4 is 5.97 Å². The molecule has 0 amide bonds. The molecule has 0 fully saturated rings. The topological polar surface area (TPSA) is 63.0 Å². The van der Waals surface area contributed by atoms with E-state index in [1.807, 2.05) is 0 Å². The van der Waals surface area contributed by atoms with Crippen LogP contribution in [0, 0.1) is 17.1 Å². The molecule has 4 nitrogen and oxygen atoms in total. The lowest BCUT2D eigenvalue weighted by molar-refractivity contribution is 0.0512. The molecule has 90 valence electrons. The van der Waals surface area contributed by atoms with Crippen molar-refractivity contribution in [2.75, 3.05) is 6.61 Å². The maximum Gasteiger partial charge on any atom is 0.340 e. The van der Waals surface area contributed by atoms with Crippen LogP contribution in [-0.4, -0.2) is 17.6 Å². The van der Waals surface area contributed by atoms with Crippen molar-refractivity contribution in [1.82, 2.24) is 4.98 Å². The second-order valence-corrected chi connectivity index (χ2v) is 2.88. The molecule has 0 aliphatic heterocycles. The molecule has 1 heterocycles. The van der Waals surface area contributed by atoms with Crippen LogP contribution >= 0.6 is 0 Å². The fourth-order valence-corrected chi connectivity index (χ4v) is 1.16. The summed E-state index contributed by atoms with van der Waals surface area (Å²) in [4.78, 5) is 14.5. The number of ether oxygens (including phenoxy) is 1. The van der Waals surface area contributed by atoms with Gasteiger partial charge in [-0.05, 0) is 6.92 Å². The van der Waals surface area contributed by atoms with Crippen molar-refractivity contribution in [1.29, 1.82) is 5.26 Å². The number of pyridine rings is 1. The molecule has 1 aromatic rings. The van der Waals surface area contributed by atoms with E-state index in [1.165, 1.54) is 13.0 Å². The Hall–Kier alpha value is -2.10. The third-order valence-corrected chi connectivity index (χ3v) is 1.88. The van der Waals surface area contributed by atoms with Crippen LogP contribution in [0.3, 0.4) is 0 Å². The van der Waals surface area contributed by atoms with Crippen molar-refractivity contribution in [3.05, 3.63) is 28.8 Å². The van der Waals surface area contributed by atoms with Crippen LogP contribution in [0.15, 0.2) is 6.20 Å². The van der Waals surface area contributed by atoms with Gasteiger partial charge in [0.1, 0.15) is 6.07 Å². The molecule has 0 bridgehead atoms. The molecule has 0 radical (unpaired) electrons. The van der Waals surface area contributed by atoms with E-state index in [4.69, 9.17) is 5.26 Å². The van der Waals surface area contributed by atoms with Crippen molar-refractivity contribution < 1.29 is 22.7 Å². The quantitative estimate of drug-likeness (QED) is 0.764. The Morgan fingerprint density at radius 2 is 2.29 bits per heavy atom. The van der Waals surface area contributed by atoms with Gasteiger partial charge in [0.2, 0.25) is 0 Å². The molecular weight excluding hydrogens is 237 g/mol. The van der Waals surface area contributed by atoms with Gasteiger partial charge in [0.15, 0.2) is 11.5 Å². The first-order chi connectivity index (χ1) is 8.02. The summed E-state index contributed by atoms with van der Waals surface area (Å²) in [6.45, 7) is 1.44. The molecule has 0 aliphatic rings. The number of esters is 1. The van der Waals surface area contributed by atoms with E-state index in [1.54, 1.807) is 0 Å². The van der Waals surface area contributed by atoms with Gasteiger partial charge in [-0.1, -0.05) is 0 Å². The Labute approximate surface area is 94.6 Å². The number of nitrogens with zero attached hydrogens (tertiary/aromatic N) is 2. The van der Waals surface area contributed by atoms with Gasteiger partial charge in [0.25, 0.3) is 6.43 Å². The maximum absolute atomic E-state index is 13.4. The van der Waals surface area contributed by atoms with E-state index < -0.39 is 35.0 Å². The molecule has 7 heteroatoms. The zero-order chi connectivity index (χ0) is 13.0. The molecule has 0 spiro atoms. The maximum atomic E-state index is 13.4. The van der Waals surface area contributed by atoms with Crippen molar-refractivity contribution in [2.45, 2.75) is 13.3 Å². The molecule has 1 rings (SSSR count). The largest absolute Gasteiger partial charge is 0.462 e. The van der Waals surface area contributed by atoms with Crippen LogP contribution in [0.2, 0.25) is 0 Å². The summed E-state index contributed by atoms with van der Waals surface area (Å²) in [7, 11) is 0. The van der Waals surface area contributed by atoms with Gasteiger partial charge >= 0.3 is 5.97 Å². The Morgan fingerprint density at radius 1 is 1.65 bits per heavy atom. The van der Waals surface area contributed by atoms with Gasteiger partial charge in [-0.3, -0.25) is 0 Å². The summed E-state index contributed by atoms with van der Waals surface area (Å²) in [5, 5.41) is 8.44. The summed E-state index contributed by atoms with van der Waals surface area (Å²) in [5.41, 5.74) is -2.61. The Bertz CT molecular complexity index is 483. The zero-order valence-electron chi connectivity index (χ0n) is 8.71. The predicted molar refractivity (Wildman–Crippen MR) is 49.8 cm³/mol. The molecular formula is C10H7F3N2O2. The normalized spacial score (nSPS) is 10.1. The van der Waals surface area contributed by atoms with Gasteiger partial charge in [-0.2, -0.15) is 5.26 Å². The van der Waals surface area contributed by atoms with E-state index in [2.05, 4.69) is 9.72 Å². The molecule has 0 saturated carbocycles. The van der Waals surface area contributed by atoms with Gasteiger partial charge in [0, 0.05) is 6.20 Å². The highest BCUT2D eigenvalue weighted by Crippen LogP contribution is 2.27. The van der Waals surface area contributed by atoms with Gasteiger partial charge < -0.3 is 4.74 Å². The molecule has 0 aliphatic carbocycles. The SMILES string of the molecule is CCOC(=O)c1cnc(C#N)c(F)c1C(F)F. The predicted octanol–water partition coefficient (Wildman–Crippen LogP) is 2.21. The van der Waals surface area contributed by atoms with Crippen LogP contribution in [0.4, 0.5) is 13.2 Å². The van der Waals surface area contributed by atoms with E-state index in [-0.39, 0.29) is 6.61 Å². The Kier molecular flexibility index (Phi) is 4.04. The molecule has 17 heavy (non-hydrogen) atoms. The lowest BCUT2D eigenvalue weighted by atomic mass is 10.1.